The van der Waals surface area contributed by atoms with Gasteiger partial charge in [-0.15, -0.1) is 11.3 Å². The van der Waals surface area contributed by atoms with E-state index in [1.165, 1.54) is 23.5 Å². The smallest absolute Gasteiger partial charge is 0.258 e. The highest BCUT2D eigenvalue weighted by molar-refractivity contribution is 7.13. The van der Waals surface area contributed by atoms with Crippen molar-refractivity contribution in [3.8, 4) is 21.8 Å². The molecule has 0 N–H and O–H groups in total. The number of pyridine rings is 1. The second-order valence-corrected chi connectivity index (χ2v) is 5.98. The van der Waals surface area contributed by atoms with E-state index in [9.17, 15) is 10.1 Å². The van der Waals surface area contributed by atoms with Crippen LogP contribution in [0.15, 0.2) is 41.8 Å². The van der Waals surface area contributed by atoms with Crippen molar-refractivity contribution >= 4 is 40.2 Å². The first-order valence-electron chi connectivity index (χ1n) is 6.07. The molecule has 8 heteroatoms. The van der Waals surface area contributed by atoms with Gasteiger partial charge in [0.2, 0.25) is 0 Å². The van der Waals surface area contributed by atoms with Crippen LogP contribution in [0, 0.1) is 10.1 Å². The normalized spacial score (nSPS) is 10.6. The maximum atomic E-state index is 10.7. The Kier molecular flexibility index (Phi) is 4.06. The van der Waals surface area contributed by atoms with Crippen LogP contribution in [-0.4, -0.2) is 14.9 Å². The van der Waals surface area contributed by atoms with E-state index in [4.69, 9.17) is 23.2 Å². The summed E-state index contributed by atoms with van der Waals surface area (Å²) in [5.41, 5.74) is 2.37. The van der Waals surface area contributed by atoms with E-state index in [-0.39, 0.29) is 5.69 Å². The Hall–Kier alpha value is -2.02. The van der Waals surface area contributed by atoms with Crippen LogP contribution in [0.3, 0.4) is 0 Å². The van der Waals surface area contributed by atoms with Crippen molar-refractivity contribution in [2.75, 3.05) is 0 Å². The first-order chi connectivity index (χ1) is 10.5. The summed E-state index contributed by atoms with van der Waals surface area (Å²) in [4.78, 5) is 18.6. The van der Waals surface area contributed by atoms with Gasteiger partial charge in [-0.05, 0) is 24.3 Å². The van der Waals surface area contributed by atoms with Gasteiger partial charge in [-0.1, -0.05) is 23.2 Å². The molecule has 0 spiro atoms. The molecule has 0 saturated carbocycles. The number of thiazole rings is 1. The molecule has 5 nitrogen and oxygen atoms in total. The van der Waals surface area contributed by atoms with Crippen LogP contribution < -0.4 is 0 Å². The summed E-state index contributed by atoms with van der Waals surface area (Å²) in [5.74, 6) is 0. The molecule has 0 aliphatic carbocycles. The fraction of sp³-hybridized carbons (Fsp3) is 0. The lowest BCUT2D eigenvalue weighted by atomic mass is 10.1. The average Bonchev–Trinajstić information content (AvgIpc) is 2.96. The number of nitro benzene ring substituents is 1. The van der Waals surface area contributed by atoms with E-state index >= 15 is 0 Å². The fourth-order valence-electron chi connectivity index (χ4n) is 1.88. The molecule has 3 aromatic rings. The van der Waals surface area contributed by atoms with Crippen LogP contribution in [-0.2, 0) is 0 Å². The van der Waals surface area contributed by atoms with E-state index in [2.05, 4.69) is 9.97 Å². The highest BCUT2D eigenvalue weighted by Crippen LogP contribution is 2.31. The lowest BCUT2D eigenvalue weighted by molar-refractivity contribution is -0.384. The van der Waals surface area contributed by atoms with Gasteiger partial charge in [0, 0.05) is 28.6 Å². The molecule has 1 aromatic carbocycles. The van der Waals surface area contributed by atoms with Gasteiger partial charge in [0.05, 0.1) is 10.6 Å². The summed E-state index contributed by atoms with van der Waals surface area (Å²) in [6.07, 6.45) is 0. The van der Waals surface area contributed by atoms with Crippen molar-refractivity contribution in [1.29, 1.82) is 0 Å². The number of hydrogen-bond acceptors (Lipinski definition) is 5. The molecule has 2 aromatic heterocycles. The summed E-state index contributed by atoms with van der Waals surface area (Å²) in [7, 11) is 0. The summed E-state index contributed by atoms with van der Waals surface area (Å²) in [6.45, 7) is 0. The first kappa shape index (κ1) is 14.9. The predicted octanol–water partition coefficient (Wildman–Crippen LogP) is 5.09. The molecule has 0 saturated heterocycles. The summed E-state index contributed by atoms with van der Waals surface area (Å²) in [6, 6.07) is 9.62. The monoisotopic (exact) mass is 351 g/mol. The van der Waals surface area contributed by atoms with E-state index in [0.717, 1.165) is 21.8 Å². The third kappa shape index (κ3) is 3.09. The predicted molar refractivity (Wildman–Crippen MR) is 87.5 cm³/mol. The number of nitro groups is 1. The number of nitrogens with zero attached hydrogens (tertiary/aromatic N) is 3. The highest BCUT2D eigenvalue weighted by atomic mass is 35.5. The van der Waals surface area contributed by atoms with E-state index in [0.29, 0.717) is 10.3 Å². The number of benzene rings is 1. The Balaban J connectivity index is 1.94. The van der Waals surface area contributed by atoms with Gasteiger partial charge >= 0.3 is 0 Å². The number of halogens is 2. The molecule has 0 aliphatic heterocycles. The highest BCUT2D eigenvalue weighted by Gasteiger charge is 2.10. The van der Waals surface area contributed by atoms with Gasteiger partial charge in [-0.25, -0.2) is 9.97 Å². The molecule has 3 rings (SSSR count). The molecule has 0 unspecified atom stereocenters. The number of hydrogen-bond donors (Lipinski definition) is 0. The van der Waals surface area contributed by atoms with Crippen molar-refractivity contribution < 1.29 is 4.92 Å². The molecule has 22 heavy (non-hydrogen) atoms. The Morgan fingerprint density at radius 3 is 2.23 bits per heavy atom. The molecule has 0 aliphatic rings. The molecular formula is C14H7Cl2N3O2S. The van der Waals surface area contributed by atoms with Gasteiger partial charge in [-0.3, -0.25) is 10.1 Å². The van der Waals surface area contributed by atoms with Gasteiger partial charge in [0.15, 0.2) is 0 Å². The van der Waals surface area contributed by atoms with Crippen molar-refractivity contribution in [3.05, 3.63) is 62.2 Å². The molecule has 110 valence electrons. The van der Waals surface area contributed by atoms with Crippen LogP contribution >= 0.6 is 34.5 Å². The minimum Gasteiger partial charge on any atom is -0.258 e. The zero-order valence-corrected chi connectivity index (χ0v) is 13.2. The topological polar surface area (TPSA) is 68.9 Å². The first-order valence-corrected chi connectivity index (χ1v) is 7.70. The Labute approximate surface area is 139 Å². The number of rotatable bonds is 3. The van der Waals surface area contributed by atoms with Crippen LogP contribution in [0.1, 0.15) is 0 Å². The minimum atomic E-state index is -0.433. The molecule has 0 atom stereocenters. The van der Waals surface area contributed by atoms with E-state index in [1.54, 1.807) is 24.3 Å². The zero-order valence-electron chi connectivity index (χ0n) is 10.9. The third-order valence-corrected chi connectivity index (χ3v) is 4.17. The molecule has 0 bridgehead atoms. The number of aromatic nitrogens is 2. The summed E-state index contributed by atoms with van der Waals surface area (Å²) in [5, 5.41) is 13.9. The quantitative estimate of drug-likeness (QED) is 0.374. The third-order valence-electron chi connectivity index (χ3n) is 2.89. The van der Waals surface area contributed by atoms with Gasteiger partial charge in [-0.2, -0.15) is 0 Å². The van der Waals surface area contributed by atoms with Gasteiger partial charge < -0.3 is 0 Å². The fourth-order valence-corrected chi connectivity index (χ4v) is 3.16. The maximum Gasteiger partial charge on any atom is 0.269 e. The SMILES string of the molecule is O=[N+]([O-])c1ccc(-c2csc(-c3cc(Cl)nc(Cl)c3)n2)cc1. The van der Waals surface area contributed by atoms with Crippen molar-refractivity contribution in [1.82, 2.24) is 9.97 Å². The minimum absolute atomic E-state index is 0.0481. The second kappa shape index (κ2) is 6.00. The van der Waals surface area contributed by atoms with Gasteiger partial charge in [0.1, 0.15) is 15.3 Å². The maximum absolute atomic E-state index is 10.7. The van der Waals surface area contributed by atoms with Crippen molar-refractivity contribution in [3.63, 3.8) is 0 Å². The lowest BCUT2D eigenvalue weighted by Gasteiger charge is -1.99. The average molecular weight is 352 g/mol. The standard InChI is InChI=1S/C14H7Cl2N3O2S/c15-12-5-9(6-13(16)18-12)14-17-11(7-22-14)8-1-3-10(4-2-8)19(20)21/h1-7H. The molecular weight excluding hydrogens is 345 g/mol. The molecule has 2 heterocycles. The van der Waals surface area contributed by atoms with Crippen LogP contribution in [0.5, 0.6) is 0 Å². The van der Waals surface area contributed by atoms with Crippen LogP contribution in [0.25, 0.3) is 21.8 Å². The lowest BCUT2D eigenvalue weighted by Crippen LogP contribution is -1.87. The largest absolute Gasteiger partial charge is 0.269 e. The van der Waals surface area contributed by atoms with E-state index < -0.39 is 4.92 Å². The molecule has 0 amide bonds. The molecule has 0 radical (unpaired) electrons. The van der Waals surface area contributed by atoms with Crippen LogP contribution in [0.4, 0.5) is 5.69 Å². The van der Waals surface area contributed by atoms with Gasteiger partial charge in [0.25, 0.3) is 5.69 Å². The summed E-state index contributed by atoms with van der Waals surface area (Å²) >= 11 is 13.2. The molecule has 0 fully saturated rings. The Morgan fingerprint density at radius 1 is 1.00 bits per heavy atom. The second-order valence-electron chi connectivity index (χ2n) is 4.34. The van der Waals surface area contributed by atoms with Crippen LogP contribution in [0.2, 0.25) is 10.3 Å². The van der Waals surface area contributed by atoms with Crippen molar-refractivity contribution in [2.45, 2.75) is 0 Å². The Bertz CT molecular complexity index is 829. The number of non-ortho nitro benzene ring substituents is 1. The van der Waals surface area contributed by atoms with Crippen molar-refractivity contribution in [2.24, 2.45) is 0 Å². The Morgan fingerprint density at radius 2 is 1.64 bits per heavy atom. The zero-order chi connectivity index (χ0) is 15.7. The van der Waals surface area contributed by atoms with E-state index in [1.807, 2.05) is 5.38 Å². The summed E-state index contributed by atoms with van der Waals surface area (Å²) < 4.78 is 0.